The molecule has 1 aromatic rings. The lowest BCUT2D eigenvalue weighted by Crippen LogP contribution is -2.14. The number of carbonyl (C=O) groups is 1. The maximum absolute atomic E-state index is 10.7. The van der Waals surface area contributed by atoms with Gasteiger partial charge in [0.1, 0.15) is 0 Å². The third kappa shape index (κ3) is 3.15. The van der Waals surface area contributed by atoms with E-state index in [0.717, 1.165) is 4.90 Å². The van der Waals surface area contributed by atoms with Crippen molar-refractivity contribution in [2.75, 3.05) is 5.73 Å². The van der Waals surface area contributed by atoms with Crippen molar-refractivity contribution in [1.82, 2.24) is 0 Å². The molecule has 0 saturated heterocycles. The molecule has 0 saturated carbocycles. The number of aliphatic hydroxyl groups excluding tert-OH is 1. The fraction of sp³-hybridized carbons (Fsp3) is 0.364. The van der Waals surface area contributed by atoms with E-state index in [-0.39, 0.29) is 16.5 Å². The number of carboxylic acids is 1. The molecule has 0 amide bonds. The fourth-order valence-electron chi connectivity index (χ4n) is 1.12. The van der Waals surface area contributed by atoms with Crippen LogP contribution < -0.4 is 5.73 Å². The Labute approximate surface area is 98.5 Å². The van der Waals surface area contributed by atoms with Crippen molar-refractivity contribution >= 4 is 23.4 Å². The monoisotopic (exact) mass is 241 g/mol. The van der Waals surface area contributed by atoms with Crippen LogP contribution in [0.1, 0.15) is 24.2 Å². The van der Waals surface area contributed by atoms with Crippen LogP contribution in [0.2, 0.25) is 0 Å². The number of aliphatic hydroxyl groups is 1. The summed E-state index contributed by atoms with van der Waals surface area (Å²) >= 11 is 1.46. The molecule has 5 heteroatoms. The quantitative estimate of drug-likeness (QED) is 0.553. The molecule has 0 radical (unpaired) electrons. The number of hydrogen-bond donors (Lipinski definition) is 3. The highest BCUT2D eigenvalue weighted by molar-refractivity contribution is 8.00. The lowest BCUT2D eigenvalue weighted by atomic mass is 10.2. The van der Waals surface area contributed by atoms with E-state index in [4.69, 9.17) is 10.8 Å². The van der Waals surface area contributed by atoms with Crippen molar-refractivity contribution in [3.63, 3.8) is 0 Å². The number of carboxylic acid groups (broad SMARTS) is 1. The molecule has 4 nitrogen and oxygen atoms in total. The summed E-state index contributed by atoms with van der Waals surface area (Å²) in [6, 6.07) is 4.80. The van der Waals surface area contributed by atoms with Crippen molar-refractivity contribution in [2.45, 2.75) is 30.1 Å². The summed E-state index contributed by atoms with van der Waals surface area (Å²) < 4.78 is 0. The lowest BCUT2D eigenvalue weighted by Gasteiger charge is -2.14. The Hall–Kier alpha value is -1.20. The highest BCUT2D eigenvalue weighted by atomic mass is 32.2. The second-order valence-electron chi connectivity index (χ2n) is 3.62. The Morgan fingerprint density at radius 1 is 1.44 bits per heavy atom. The number of benzene rings is 1. The number of nitrogen functional groups attached to an aromatic ring is 1. The molecular weight excluding hydrogens is 226 g/mol. The van der Waals surface area contributed by atoms with E-state index in [1.165, 1.54) is 17.8 Å². The molecule has 0 spiro atoms. The molecule has 0 fully saturated rings. The van der Waals surface area contributed by atoms with Gasteiger partial charge < -0.3 is 15.9 Å². The van der Waals surface area contributed by atoms with Gasteiger partial charge in [-0.15, -0.1) is 11.8 Å². The third-order valence-corrected chi connectivity index (χ3v) is 3.55. The predicted molar refractivity (Wildman–Crippen MR) is 64.8 cm³/mol. The van der Waals surface area contributed by atoms with Crippen molar-refractivity contribution < 1.29 is 15.0 Å². The molecule has 0 aliphatic heterocycles. The van der Waals surface area contributed by atoms with Crippen LogP contribution in [0.15, 0.2) is 23.1 Å². The van der Waals surface area contributed by atoms with Gasteiger partial charge in [0.15, 0.2) is 0 Å². The van der Waals surface area contributed by atoms with Gasteiger partial charge in [0, 0.05) is 15.8 Å². The Balaban J connectivity index is 2.85. The number of anilines is 1. The minimum Gasteiger partial charge on any atom is -0.478 e. The molecular formula is C11H15NO3S. The van der Waals surface area contributed by atoms with E-state index in [1.807, 2.05) is 6.92 Å². The zero-order chi connectivity index (χ0) is 12.3. The standard InChI is InChI=1S/C11H15NO3S/c1-6(13)7(2)16-8-3-4-9(11(14)15)10(12)5-8/h3-7,13H,12H2,1-2H3,(H,14,15). The van der Waals surface area contributed by atoms with Crippen molar-refractivity contribution in [3.8, 4) is 0 Å². The Kier molecular flexibility index (Phi) is 4.20. The van der Waals surface area contributed by atoms with Crippen LogP contribution in [0.3, 0.4) is 0 Å². The van der Waals surface area contributed by atoms with Crippen LogP contribution in [0.4, 0.5) is 5.69 Å². The smallest absolute Gasteiger partial charge is 0.337 e. The van der Waals surface area contributed by atoms with E-state index in [2.05, 4.69) is 0 Å². The third-order valence-electron chi connectivity index (χ3n) is 2.25. The molecule has 0 aliphatic rings. The summed E-state index contributed by atoms with van der Waals surface area (Å²) in [5, 5.41) is 18.2. The topological polar surface area (TPSA) is 83.5 Å². The van der Waals surface area contributed by atoms with Crippen LogP contribution in [0, 0.1) is 0 Å². The van der Waals surface area contributed by atoms with E-state index >= 15 is 0 Å². The molecule has 88 valence electrons. The molecule has 2 unspecified atom stereocenters. The molecule has 16 heavy (non-hydrogen) atoms. The van der Waals surface area contributed by atoms with Gasteiger partial charge in [-0.05, 0) is 25.1 Å². The summed E-state index contributed by atoms with van der Waals surface area (Å²) in [4.78, 5) is 11.6. The van der Waals surface area contributed by atoms with Crippen LogP contribution >= 0.6 is 11.8 Å². The summed E-state index contributed by atoms with van der Waals surface area (Å²) in [5.74, 6) is -1.03. The van der Waals surface area contributed by atoms with Gasteiger partial charge in [-0.2, -0.15) is 0 Å². The largest absolute Gasteiger partial charge is 0.478 e. The predicted octanol–water partition coefficient (Wildman–Crippen LogP) is 1.83. The van der Waals surface area contributed by atoms with Crippen LogP contribution in [-0.2, 0) is 0 Å². The van der Waals surface area contributed by atoms with Crippen LogP contribution in [0.5, 0.6) is 0 Å². The second kappa shape index (κ2) is 5.23. The Morgan fingerprint density at radius 2 is 2.06 bits per heavy atom. The minimum absolute atomic E-state index is 0.0371. The first-order valence-electron chi connectivity index (χ1n) is 4.89. The first-order chi connectivity index (χ1) is 7.41. The highest BCUT2D eigenvalue weighted by Crippen LogP contribution is 2.28. The highest BCUT2D eigenvalue weighted by Gasteiger charge is 2.13. The maximum atomic E-state index is 10.7. The molecule has 0 aromatic heterocycles. The summed E-state index contributed by atoms with van der Waals surface area (Å²) in [5.41, 5.74) is 5.97. The lowest BCUT2D eigenvalue weighted by molar-refractivity contribution is 0.0698. The molecule has 2 atom stereocenters. The van der Waals surface area contributed by atoms with Gasteiger partial charge in [-0.3, -0.25) is 0 Å². The summed E-state index contributed by atoms with van der Waals surface area (Å²) in [7, 11) is 0. The second-order valence-corrected chi connectivity index (χ2v) is 5.07. The van der Waals surface area contributed by atoms with Gasteiger partial charge in [0.05, 0.1) is 11.7 Å². The van der Waals surface area contributed by atoms with Crippen molar-refractivity contribution in [1.29, 1.82) is 0 Å². The average molecular weight is 241 g/mol. The van der Waals surface area contributed by atoms with E-state index in [1.54, 1.807) is 19.1 Å². The van der Waals surface area contributed by atoms with Gasteiger partial charge in [-0.25, -0.2) is 4.79 Å². The van der Waals surface area contributed by atoms with Gasteiger partial charge in [0.25, 0.3) is 0 Å². The van der Waals surface area contributed by atoms with Crippen LogP contribution in [-0.4, -0.2) is 27.5 Å². The van der Waals surface area contributed by atoms with Gasteiger partial charge in [-0.1, -0.05) is 6.92 Å². The number of aromatic carboxylic acids is 1. The van der Waals surface area contributed by atoms with E-state index < -0.39 is 12.1 Å². The van der Waals surface area contributed by atoms with Crippen molar-refractivity contribution in [2.24, 2.45) is 0 Å². The molecule has 0 bridgehead atoms. The van der Waals surface area contributed by atoms with E-state index in [9.17, 15) is 9.90 Å². The Morgan fingerprint density at radius 3 is 2.50 bits per heavy atom. The molecule has 0 aliphatic carbocycles. The number of nitrogens with two attached hydrogens (primary N) is 1. The normalized spacial score (nSPS) is 14.4. The van der Waals surface area contributed by atoms with Crippen LogP contribution in [0.25, 0.3) is 0 Å². The van der Waals surface area contributed by atoms with Crippen molar-refractivity contribution in [3.05, 3.63) is 23.8 Å². The number of rotatable bonds is 4. The average Bonchev–Trinajstić information content (AvgIpc) is 2.16. The fourth-order valence-corrected chi connectivity index (χ4v) is 2.09. The minimum atomic E-state index is -1.03. The molecule has 4 N–H and O–H groups in total. The first-order valence-corrected chi connectivity index (χ1v) is 5.77. The van der Waals surface area contributed by atoms with Gasteiger partial charge in [0.2, 0.25) is 0 Å². The van der Waals surface area contributed by atoms with E-state index in [0.29, 0.717) is 0 Å². The zero-order valence-electron chi connectivity index (χ0n) is 9.18. The zero-order valence-corrected chi connectivity index (χ0v) is 9.99. The number of thioether (sulfide) groups is 1. The first kappa shape index (κ1) is 12.9. The molecule has 0 heterocycles. The Bertz CT molecular complexity index is 393. The van der Waals surface area contributed by atoms with Gasteiger partial charge >= 0.3 is 5.97 Å². The molecule has 1 aromatic carbocycles. The SMILES string of the molecule is CC(O)C(C)Sc1ccc(C(=O)O)c(N)c1. The number of hydrogen-bond acceptors (Lipinski definition) is 4. The summed E-state index contributed by atoms with van der Waals surface area (Å²) in [6.45, 7) is 3.61. The summed E-state index contributed by atoms with van der Waals surface area (Å²) in [6.07, 6.45) is -0.426. The molecule has 1 rings (SSSR count). The maximum Gasteiger partial charge on any atom is 0.337 e.